The fourth-order valence-corrected chi connectivity index (χ4v) is 2.26. The molecule has 0 fully saturated rings. The van der Waals surface area contributed by atoms with Gasteiger partial charge in [-0.2, -0.15) is 0 Å². The molecule has 0 N–H and O–H groups in total. The van der Waals surface area contributed by atoms with E-state index in [2.05, 4.69) is 129 Å². The van der Waals surface area contributed by atoms with Crippen LogP contribution in [0, 0.1) is 0 Å². The normalized spacial score (nSPS) is 10.5. The van der Waals surface area contributed by atoms with Gasteiger partial charge in [-0.25, -0.2) is 0 Å². The predicted molar refractivity (Wildman–Crippen MR) is 131 cm³/mol. The molecule has 3 aromatic rings. The number of aromatic nitrogens is 9. The van der Waals surface area contributed by atoms with E-state index in [0.29, 0.717) is 35.5 Å². The van der Waals surface area contributed by atoms with Crippen LogP contribution in [0.5, 0.6) is 0 Å². The van der Waals surface area contributed by atoms with E-state index in [4.69, 9.17) is 0 Å². The maximum atomic E-state index is 4.29. The zero-order chi connectivity index (χ0) is 25.3. The predicted octanol–water partition coefficient (Wildman–Crippen LogP) is 5.03. The molecular weight excluding hydrogens is 1010 g/mol. The van der Waals surface area contributed by atoms with Gasteiger partial charge in [0.25, 0.3) is 0 Å². The number of rotatable bonds is 6. The van der Waals surface area contributed by atoms with Gasteiger partial charge in [0.15, 0.2) is 0 Å². The summed E-state index contributed by atoms with van der Waals surface area (Å²) in [5, 5.41) is 23.9. The second-order valence-corrected chi connectivity index (χ2v) is 10.0. The van der Waals surface area contributed by atoms with Gasteiger partial charge in [0.05, 0.1) is 0 Å². The summed E-state index contributed by atoms with van der Waals surface area (Å²) in [6.45, 7) is 24.8. The molecule has 0 amide bonds. The van der Waals surface area contributed by atoms with Gasteiger partial charge >= 0.3 is 67.1 Å². The standard InChI is InChI=1S/3C8H14N3.3Au/c3*1-5(2)7-9-8(6(3)4)11-10-7;;;/h3*5-6H,1-4H3;;;/q3*-1;3*+1. The quantitative estimate of drug-likeness (QED) is 0.314. The van der Waals surface area contributed by atoms with Gasteiger partial charge < -0.3 is 30.2 Å². The van der Waals surface area contributed by atoms with Crippen molar-refractivity contribution in [2.45, 2.75) is 119 Å². The van der Waals surface area contributed by atoms with Crippen LogP contribution in [-0.2, 0) is 67.1 Å². The first-order valence-corrected chi connectivity index (χ1v) is 11.9. The molecule has 0 aliphatic carbocycles. The van der Waals surface area contributed by atoms with Crippen LogP contribution in [0.1, 0.15) is 154 Å². The van der Waals surface area contributed by atoms with Crippen molar-refractivity contribution in [1.29, 1.82) is 0 Å². The Bertz CT molecular complexity index is 742. The van der Waals surface area contributed by atoms with Crippen LogP contribution in [0.4, 0.5) is 0 Å². The molecule has 9 nitrogen and oxygen atoms in total. The summed E-state index contributed by atoms with van der Waals surface area (Å²) in [5.74, 6) is 7.44. The van der Waals surface area contributed by atoms with E-state index in [9.17, 15) is 0 Å². The van der Waals surface area contributed by atoms with Crippen molar-refractivity contribution in [3.63, 3.8) is 0 Å². The Kier molecular flexibility index (Phi) is 21.9. The van der Waals surface area contributed by atoms with Crippen LogP contribution in [0.3, 0.4) is 0 Å². The Morgan fingerprint density at radius 2 is 0.556 bits per heavy atom. The maximum Gasteiger partial charge on any atom is 1.00 e. The molecule has 0 saturated heterocycles. The third kappa shape index (κ3) is 14.0. The van der Waals surface area contributed by atoms with Crippen molar-refractivity contribution in [1.82, 2.24) is 45.5 Å². The van der Waals surface area contributed by atoms with Gasteiger partial charge in [-0.15, -0.1) is 0 Å². The Hall–Kier alpha value is -0.359. The molecule has 12 heteroatoms. The molecule has 3 rings (SSSR count). The molecule has 0 aromatic carbocycles. The molecule has 0 spiro atoms. The van der Waals surface area contributed by atoms with Crippen molar-refractivity contribution in [2.24, 2.45) is 0 Å². The average molecular weight is 1050 g/mol. The Morgan fingerprint density at radius 3 is 0.639 bits per heavy atom. The number of nitrogens with zero attached hydrogens (tertiary/aromatic N) is 9. The van der Waals surface area contributed by atoms with Crippen molar-refractivity contribution in [2.75, 3.05) is 0 Å². The van der Waals surface area contributed by atoms with E-state index < -0.39 is 0 Å². The van der Waals surface area contributed by atoms with E-state index in [1.165, 1.54) is 0 Å². The van der Waals surface area contributed by atoms with E-state index in [-0.39, 0.29) is 67.1 Å². The van der Waals surface area contributed by atoms with Crippen molar-refractivity contribution >= 4 is 0 Å². The minimum absolute atomic E-state index is 0. The summed E-state index contributed by atoms with van der Waals surface area (Å²) in [6.07, 6.45) is 0. The summed E-state index contributed by atoms with van der Waals surface area (Å²) in [5.41, 5.74) is 0. The van der Waals surface area contributed by atoms with Gasteiger partial charge in [-0.05, 0) is 35.5 Å². The molecule has 3 aromatic heterocycles. The van der Waals surface area contributed by atoms with Gasteiger partial charge in [-0.1, -0.05) is 101 Å². The monoisotopic (exact) mass is 1050 g/mol. The van der Waals surface area contributed by atoms with Gasteiger partial charge in [0, 0.05) is 17.5 Å². The molecule has 0 unspecified atom stereocenters. The van der Waals surface area contributed by atoms with Crippen LogP contribution >= 0.6 is 0 Å². The van der Waals surface area contributed by atoms with E-state index in [1.54, 1.807) is 0 Å². The second-order valence-electron chi connectivity index (χ2n) is 10.0. The summed E-state index contributed by atoms with van der Waals surface area (Å²) in [6, 6.07) is 0. The molecule has 0 bridgehead atoms. The largest absolute Gasteiger partial charge is 1.00 e. The maximum absolute atomic E-state index is 4.29. The van der Waals surface area contributed by atoms with Crippen LogP contribution in [-0.4, -0.2) is 30.2 Å². The van der Waals surface area contributed by atoms with Gasteiger partial charge in [0.1, 0.15) is 0 Å². The van der Waals surface area contributed by atoms with Gasteiger partial charge in [0.2, 0.25) is 0 Å². The molecule has 0 aliphatic rings. The minimum atomic E-state index is 0. The molecule has 0 atom stereocenters. The molecular formula is C24H42Au3N9. The summed E-state index contributed by atoms with van der Waals surface area (Å²) < 4.78 is 0. The first-order valence-electron chi connectivity index (χ1n) is 11.9. The number of hydrogen-bond donors (Lipinski definition) is 0. The van der Waals surface area contributed by atoms with E-state index in [0.717, 1.165) is 34.9 Å². The topological polar surface area (TPSA) is 120 Å². The second kappa shape index (κ2) is 19.7. The molecule has 0 saturated carbocycles. The molecule has 216 valence electrons. The zero-order valence-electron chi connectivity index (χ0n) is 23.4. The van der Waals surface area contributed by atoms with Crippen molar-refractivity contribution < 1.29 is 67.1 Å². The zero-order valence-corrected chi connectivity index (χ0v) is 29.9. The molecule has 36 heavy (non-hydrogen) atoms. The molecule has 0 radical (unpaired) electrons. The van der Waals surface area contributed by atoms with Crippen molar-refractivity contribution in [3.05, 3.63) is 34.9 Å². The fraction of sp³-hybridized carbons (Fsp3) is 0.750. The SMILES string of the molecule is CC(C)c1n[n-]c(C(C)C)n1.CC(C)c1n[n-]c(C(C)C)n1.CC(C)c1n[n-]c(C(C)C)n1.[Au+].[Au+].[Au+]. The summed E-state index contributed by atoms with van der Waals surface area (Å²) >= 11 is 0. The smallest absolute Gasteiger partial charge is 0.426 e. The Morgan fingerprint density at radius 1 is 0.361 bits per heavy atom. The summed E-state index contributed by atoms with van der Waals surface area (Å²) in [4.78, 5) is 12.9. The van der Waals surface area contributed by atoms with Crippen LogP contribution in [0.15, 0.2) is 0 Å². The first kappa shape index (κ1) is 40.1. The van der Waals surface area contributed by atoms with Crippen LogP contribution < -0.4 is 15.3 Å². The average Bonchev–Trinajstić information content (AvgIpc) is 3.49. The minimum Gasteiger partial charge on any atom is -0.426 e. The number of hydrogen-bond acceptors (Lipinski definition) is 6. The Labute approximate surface area is 264 Å². The third-order valence-electron chi connectivity index (χ3n) is 4.55. The third-order valence-corrected chi connectivity index (χ3v) is 4.55. The van der Waals surface area contributed by atoms with Crippen LogP contribution in [0.2, 0.25) is 0 Å². The molecule has 0 aliphatic heterocycles. The van der Waals surface area contributed by atoms with E-state index in [1.807, 2.05) is 0 Å². The summed E-state index contributed by atoms with van der Waals surface area (Å²) in [7, 11) is 0. The fourth-order valence-electron chi connectivity index (χ4n) is 2.26. The first-order chi connectivity index (χ1) is 15.3. The Balaban J connectivity index is -0.000000436. The van der Waals surface area contributed by atoms with Gasteiger partial charge in [-0.3, -0.25) is 15.3 Å². The van der Waals surface area contributed by atoms with Crippen molar-refractivity contribution in [3.8, 4) is 0 Å². The van der Waals surface area contributed by atoms with E-state index >= 15 is 0 Å². The molecule has 3 heterocycles. The van der Waals surface area contributed by atoms with Crippen LogP contribution in [0.25, 0.3) is 0 Å².